The number of nitrogens with zero attached hydrogens (tertiary/aromatic N) is 3. The van der Waals surface area contributed by atoms with E-state index in [-0.39, 0.29) is 17.5 Å². The lowest BCUT2D eigenvalue weighted by Gasteiger charge is -2.23. The second-order valence-corrected chi connectivity index (χ2v) is 8.97. The van der Waals surface area contributed by atoms with Gasteiger partial charge in [0.1, 0.15) is 11.6 Å². The highest BCUT2D eigenvalue weighted by Gasteiger charge is 2.31. The maximum absolute atomic E-state index is 13.1. The van der Waals surface area contributed by atoms with Gasteiger partial charge in [-0.3, -0.25) is 9.83 Å². The topological polar surface area (TPSA) is 68.6 Å². The minimum absolute atomic E-state index is 0.0220. The molecule has 0 radical (unpaired) electrons. The van der Waals surface area contributed by atoms with E-state index >= 15 is 0 Å². The van der Waals surface area contributed by atoms with Gasteiger partial charge in [-0.25, -0.2) is 15.4 Å². The fourth-order valence-electron chi connectivity index (χ4n) is 4.11. The summed E-state index contributed by atoms with van der Waals surface area (Å²) in [7, 11) is 0. The minimum Gasteiger partial charge on any atom is -0.453 e. The van der Waals surface area contributed by atoms with E-state index in [2.05, 4.69) is 40.6 Å². The molecule has 1 aliphatic carbocycles. The molecule has 0 bridgehead atoms. The number of halogens is 3. The Morgan fingerprint density at radius 3 is 2.69 bits per heavy atom. The maximum Gasteiger partial charge on any atom is 0.416 e. The van der Waals surface area contributed by atoms with Crippen LogP contribution >= 0.6 is 0 Å². The largest absolute Gasteiger partial charge is 0.453 e. The van der Waals surface area contributed by atoms with Crippen molar-refractivity contribution in [2.24, 2.45) is 4.99 Å². The second kappa shape index (κ2) is 9.30. The van der Waals surface area contributed by atoms with E-state index in [1.807, 2.05) is 0 Å². The number of ether oxygens (including phenoxy) is 1. The molecule has 1 aliphatic heterocycles. The fourth-order valence-corrected chi connectivity index (χ4v) is 4.11. The number of amidine groups is 1. The average molecular weight is 483 g/mol. The van der Waals surface area contributed by atoms with Crippen molar-refractivity contribution in [3.8, 4) is 11.5 Å². The lowest BCUT2D eigenvalue weighted by atomic mass is 9.97. The van der Waals surface area contributed by atoms with E-state index in [1.54, 1.807) is 6.92 Å². The van der Waals surface area contributed by atoms with Gasteiger partial charge in [0.15, 0.2) is 17.3 Å². The first-order valence-corrected chi connectivity index (χ1v) is 11.5. The molecule has 2 aliphatic rings. The average Bonchev–Trinajstić information content (AvgIpc) is 3.67. The Morgan fingerprint density at radius 2 is 1.94 bits per heavy atom. The number of alkyl halides is 3. The van der Waals surface area contributed by atoms with Gasteiger partial charge in [0.05, 0.1) is 24.4 Å². The van der Waals surface area contributed by atoms with Gasteiger partial charge in [-0.2, -0.15) is 13.2 Å². The van der Waals surface area contributed by atoms with Gasteiger partial charge in [0.2, 0.25) is 0 Å². The number of aliphatic imine (C=N–C) groups is 1. The van der Waals surface area contributed by atoms with Crippen molar-refractivity contribution in [3.63, 3.8) is 0 Å². The molecule has 1 N–H and O–H groups in total. The number of rotatable bonds is 6. The fraction of sp³-hybridized carbons (Fsp3) is 0.346. The number of benzene rings is 2. The molecule has 2 aromatic carbocycles. The molecule has 35 heavy (non-hydrogen) atoms. The summed E-state index contributed by atoms with van der Waals surface area (Å²) in [5, 5.41) is 0. The van der Waals surface area contributed by atoms with E-state index in [0.29, 0.717) is 36.3 Å². The Bertz CT molecular complexity index is 1270. The minimum atomic E-state index is -4.48. The summed E-state index contributed by atoms with van der Waals surface area (Å²) in [4.78, 5) is 19.0. The van der Waals surface area contributed by atoms with Crippen LogP contribution in [0.3, 0.4) is 0 Å². The standard InChI is InChI=1S/C26H25F3N4O2/c1-15-10-19(17-6-7-17)9-8-18(15)11-21-14-34-33-25(32-21)24-23(13-30-16(2)31-24)35-22-5-3-4-20(12-22)26(27,28)29/h3-5,8-10,12-13,17,21H,6-7,11,14H2,1-2H3,(H,32,33). The SMILES string of the molecule is Cc1ncc(Oc2cccc(C(F)(F)F)c2)c(C2=NC(Cc3ccc(C4CC4)cc3C)CON2)n1. The summed E-state index contributed by atoms with van der Waals surface area (Å²) >= 11 is 0. The van der Waals surface area contributed by atoms with Gasteiger partial charge in [-0.1, -0.05) is 24.3 Å². The van der Waals surface area contributed by atoms with Gasteiger partial charge >= 0.3 is 6.18 Å². The first kappa shape index (κ1) is 23.3. The molecule has 5 rings (SSSR count). The van der Waals surface area contributed by atoms with Crippen LogP contribution in [0, 0.1) is 13.8 Å². The molecule has 182 valence electrons. The van der Waals surface area contributed by atoms with Crippen LogP contribution in [0.5, 0.6) is 11.5 Å². The van der Waals surface area contributed by atoms with E-state index < -0.39 is 11.7 Å². The molecular formula is C26H25F3N4O2. The third-order valence-corrected chi connectivity index (χ3v) is 6.12. The smallest absolute Gasteiger partial charge is 0.416 e. The molecule has 1 saturated carbocycles. The van der Waals surface area contributed by atoms with E-state index in [1.165, 1.54) is 47.9 Å². The van der Waals surface area contributed by atoms with Crippen LogP contribution < -0.4 is 10.2 Å². The Balaban J connectivity index is 1.40. The van der Waals surface area contributed by atoms with Crippen LogP contribution in [0.1, 0.15) is 52.5 Å². The third kappa shape index (κ3) is 5.45. The van der Waals surface area contributed by atoms with Gasteiger partial charge in [0, 0.05) is 0 Å². The van der Waals surface area contributed by atoms with Crippen molar-refractivity contribution in [1.29, 1.82) is 0 Å². The zero-order valence-corrected chi connectivity index (χ0v) is 19.4. The Kier molecular flexibility index (Phi) is 6.19. The monoisotopic (exact) mass is 482 g/mol. The zero-order valence-electron chi connectivity index (χ0n) is 19.4. The Labute approximate surface area is 201 Å². The molecule has 1 aromatic heterocycles. The van der Waals surface area contributed by atoms with E-state index in [9.17, 15) is 13.2 Å². The predicted molar refractivity (Wildman–Crippen MR) is 125 cm³/mol. The van der Waals surface area contributed by atoms with Crippen LogP contribution in [0.25, 0.3) is 0 Å². The van der Waals surface area contributed by atoms with Crippen LogP contribution in [-0.2, 0) is 17.4 Å². The number of hydrogen-bond donors (Lipinski definition) is 1. The zero-order chi connectivity index (χ0) is 24.6. The molecule has 9 heteroatoms. The van der Waals surface area contributed by atoms with Crippen molar-refractivity contribution < 1.29 is 22.7 Å². The third-order valence-electron chi connectivity index (χ3n) is 6.12. The normalized spacial score (nSPS) is 18.1. The Morgan fingerprint density at radius 1 is 1.11 bits per heavy atom. The number of aryl methyl sites for hydroxylation is 2. The number of hydroxylamine groups is 1. The highest BCUT2D eigenvalue weighted by molar-refractivity contribution is 5.99. The van der Waals surface area contributed by atoms with Crippen molar-refractivity contribution in [1.82, 2.24) is 15.4 Å². The molecule has 6 nitrogen and oxygen atoms in total. The quantitative estimate of drug-likeness (QED) is 0.490. The van der Waals surface area contributed by atoms with Gasteiger partial charge in [-0.05, 0) is 73.9 Å². The maximum atomic E-state index is 13.1. The summed E-state index contributed by atoms with van der Waals surface area (Å²) < 4.78 is 45.1. The van der Waals surface area contributed by atoms with Crippen LogP contribution in [0.2, 0.25) is 0 Å². The highest BCUT2D eigenvalue weighted by Crippen LogP contribution is 2.40. The lowest BCUT2D eigenvalue weighted by Crippen LogP contribution is -2.37. The number of hydrogen-bond acceptors (Lipinski definition) is 6. The molecule has 2 heterocycles. The second-order valence-electron chi connectivity index (χ2n) is 8.97. The van der Waals surface area contributed by atoms with Crippen LogP contribution in [0.15, 0.2) is 53.7 Å². The summed E-state index contributed by atoms with van der Waals surface area (Å²) in [6.45, 7) is 4.20. The first-order chi connectivity index (χ1) is 16.8. The van der Waals surface area contributed by atoms with Gasteiger partial charge in [-0.15, -0.1) is 0 Å². The first-order valence-electron chi connectivity index (χ1n) is 11.5. The van der Waals surface area contributed by atoms with E-state index in [4.69, 9.17) is 14.6 Å². The van der Waals surface area contributed by atoms with Gasteiger partial charge in [0.25, 0.3) is 0 Å². The van der Waals surface area contributed by atoms with Crippen LogP contribution in [0.4, 0.5) is 13.2 Å². The molecule has 0 amide bonds. The van der Waals surface area contributed by atoms with E-state index in [0.717, 1.165) is 12.1 Å². The summed E-state index contributed by atoms with van der Waals surface area (Å²) in [6.07, 6.45) is 0.162. The predicted octanol–water partition coefficient (Wildman–Crippen LogP) is 5.67. The van der Waals surface area contributed by atoms with Crippen molar-refractivity contribution in [2.45, 2.75) is 51.2 Å². The molecule has 1 unspecified atom stereocenters. The van der Waals surface area contributed by atoms with Crippen LogP contribution in [-0.4, -0.2) is 28.5 Å². The molecular weight excluding hydrogens is 457 g/mol. The van der Waals surface area contributed by atoms with Crippen molar-refractivity contribution in [3.05, 3.63) is 82.4 Å². The molecule has 0 spiro atoms. The molecule has 0 saturated heterocycles. The number of nitrogens with one attached hydrogen (secondary N) is 1. The molecule has 3 aromatic rings. The van der Waals surface area contributed by atoms with Crippen molar-refractivity contribution in [2.75, 3.05) is 6.61 Å². The summed E-state index contributed by atoms with van der Waals surface area (Å²) in [6, 6.07) is 11.1. The lowest BCUT2D eigenvalue weighted by molar-refractivity contribution is -0.137. The Hall–Kier alpha value is -3.46. The van der Waals surface area contributed by atoms with Gasteiger partial charge < -0.3 is 4.74 Å². The molecule has 1 atom stereocenters. The summed E-state index contributed by atoms with van der Waals surface area (Å²) in [5.74, 6) is 1.71. The molecule has 1 fully saturated rings. The van der Waals surface area contributed by atoms with Crippen molar-refractivity contribution >= 4 is 5.84 Å². The highest BCUT2D eigenvalue weighted by atomic mass is 19.4. The number of aromatic nitrogens is 2. The summed E-state index contributed by atoms with van der Waals surface area (Å²) in [5.41, 5.74) is 6.13.